The Morgan fingerprint density at radius 1 is 1.20 bits per heavy atom. The van der Waals surface area contributed by atoms with Crippen molar-refractivity contribution >= 4 is 46.3 Å². The van der Waals surface area contributed by atoms with Crippen LogP contribution in [0.2, 0.25) is 10.2 Å². The summed E-state index contributed by atoms with van der Waals surface area (Å²) < 4.78 is 5.30. The average Bonchev–Trinajstić information content (AvgIpc) is 2.48. The maximum absolute atomic E-state index is 11.2. The van der Waals surface area contributed by atoms with Gasteiger partial charge in [-0.05, 0) is 12.1 Å². The first-order valence-corrected chi connectivity index (χ1v) is 6.90. The van der Waals surface area contributed by atoms with Crippen LogP contribution in [-0.2, 0) is 4.74 Å². The third-order valence-corrected chi connectivity index (χ3v) is 3.81. The van der Waals surface area contributed by atoms with E-state index in [2.05, 4.69) is 9.97 Å². The highest BCUT2D eigenvalue weighted by molar-refractivity contribution is 6.38. The Morgan fingerprint density at radius 2 is 1.95 bits per heavy atom. The van der Waals surface area contributed by atoms with Crippen molar-refractivity contribution in [3.05, 3.63) is 27.9 Å². The largest absolute Gasteiger partial charge is 0.378 e. The van der Waals surface area contributed by atoms with Crippen LogP contribution in [0.25, 0.3) is 10.9 Å². The van der Waals surface area contributed by atoms with Gasteiger partial charge in [-0.3, -0.25) is 4.79 Å². The number of ether oxygens (including phenoxy) is 1. The molecule has 2 heterocycles. The Balaban J connectivity index is 2.15. The number of fused-ring (bicyclic) bond motifs is 1. The smallest absolute Gasteiger partial charge is 0.227 e. The van der Waals surface area contributed by atoms with Crippen LogP contribution in [0.5, 0.6) is 0 Å². The Kier molecular flexibility index (Phi) is 3.74. The number of carbonyl (C=O) groups is 1. The molecule has 0 bridgehead atoms. The van der Waals surface area contributed by atoms with Gasteiger partial charge in [0.25, 0.3) is 0 Å². The van der Waals surface area contributed by atoms with Crippen LogP contribution in [0.1, 0.15) is 10.4 Å². The second-order valence-electron chi connectivity index (χ2n) is 4.39. The summed E-state index contributed by atoms with van der Waals surface area (Å²) in [7, 11) is 0. The fourth-order valence-electron chi connectivity index (χ4n) is 2.19. The third-order valence-electron chi connectivity index (χ3n) is 3.21. The van der Waals surface area contributed by atoms with E-state index in [1.807, 2.05) is 4.90 Å². The molecule has 0 amide bonds. The van der Waals surface area contributed by atoms with Gasteiger partial charge in [-0.25, -0.2) is 9.97 Å². The molecule has 104 valence electrons. The fourth-order valence-corrected chi connectivity index (χ4v) is 2.67. The number of morpholine rings is 1. The number of hydrogen-bond acceptors (Lipinski definition) is 5. The molecule has 1 fully saturated rings. The number of aromatic nitrogens is 2. The van der Waals surface area contributed by atoms with E-state index in [4.69, 9.17) is 27.9 Å². The predicted octanol–water partition coefficient (Wildman–Crippen LogP) is 2.59. The first-order valence-electron chi connectivity index (χ1n) is 6.14. The van der Waals surface area contributed by atoms with Gasteiger partial charge < -0.3 is 9.64 Å². The first-order chi connectivity index (χ1) is 9.70. The molecule has 0 unspecified atom stereocenters. The van der Waals surface area contributed by atoms with E-state index in [9.17, 15) is 4.79 Å². The van der Waals surface area contributed by atoms with E-state index in [0.29, 0.717) is 46.9 Å². The van der Waals surface area contributed by atoms with Crippen molar-refractivity contribution in [3.63, 3.8) is 0 Å². The molecule has 0 N–H and O–H groups in total. The molecule has 20 heavy (non-hydrogen) atoms. The van der Waals surface area contributed by atoms with Gasteiger partial charge in [0.05, 0.1) is 23.8 Å². The number of nitrogens with zero attached hydrogens (tertiary/aromatic N) is 3. The highest BCUT2D eigenvalue weighted by Gasteiger charge is 2.18. The predicted molar refractivity (Wildman–Crippen MR) is 78.0 cm³/mol. The molecule has 1 saturated heterocycles. The number of anilines is 1. The molecular weight excluding hydrogens is 301 g/mol. The summed E-state index contributed by atoms with van der Waals surface area (Å²) in [5.41, 5.74) is 0.931. The van der Waals surface area contributed by atoms with E-state index < -0.39 is 0 Å². The molecule has 1 aliphatic rings. The van der Waals surface area contributed by atoms with E-state index in [-0.39, 0.29) is 5.15 Å². The number of aldehydes is 1. The molecule has 2 aromatic rings. The summed E-state index contributed by atoms with van der Waals surface area (Å²) in [4.78, 5) is 21.9. The topological polar surface area (TPSA) is 55.3 Å². The molecule has 0 spiro atoms. The van der Waals surface area contributed by atoms with E-state index in [1.165, 1.54) is 0 Å². The van der Waals surface area contributed by atoms with Crippen LogP contribution in [-0.4, -0.2) is 42.6 Å². The lowest BCUT2D eigenvalue weighted by Crippen LogP contribution is -2.37. The normalized spacial score (nSPS) is 15.6. The van der Waals surface area contributed by atoms with Crippen molar-refractivity contribution in [2.45, 2.75) is 0 Å². The maximum Gasteiger partial charge on any atom is 0.227 e. The van der Waals surface area contributed by atoms with E-state index in [1.54, 1.807) is 12.1 Å². The van der Waals surface area contributed by atoms with Gasteiger partial charge in [-0.1, -0.05) is 23.2 Å². The highest BCUT2D eigenvalue weighted by Crippen LogP contribution is 2.30. The van der Waals surface area contributed by atoms with E-state index >= 15 is 0 Å². The highest BCUT2D eigenvalue weighted by atomic mass is 35.5. The molecule has 0 aliphatic carbocycles. The second-order valence-corrected chi connectivity index (χ2v) is 5.15. The molecule has 1 aliphatic heterocycles. The van der Waals surface area contributed by atoms with Crippen LogP contribution >= 0.6 is 23.2 Å². The summed E-state index contributed by atoms with van der Waals surface area (Å²) in [6.45, 7) is 2.71. The Hall–Kier alpha value is -1.43. The molecule has 3 rings (SSSR count). The molecule has 0 atom stereocenters. The minimum absolute atomic E-state index is 0.237. The minimum atomic E-state index is 0.237. The van der Waals surface area contributed by atoms with Gasteiger partial charge in [0.1, 0.15) is 5.15 Å². The number of carbonyl (C=O) groups excluding carboxylic acids is 1. The Bertz CT molecular complexity index is 672. The monoisotopic (exact) mass is 311 g/mol. The second kappa shape index (κ2) is 5.52. The van der Waals surface area contributed by atoms with Crippen molar-refractivity contribution in [2.24, 2.45) is 0 Å². The molecule has 5 nitrogen and oxygen atoms in total. The fraction of sp³-hybridized carbons (Fsp3) is 0.308. The molecule has 7 heteroatoms. The quantitative estimate of drug-likeness (QED) is 0.630. The van der Waals surface area contributed by atoms with Crippen LogP contribution in [0.15, 0.2) is 12.1 Å². The zero-order chi connectivity index (χ0) is 14.1. The van der Waals surface area contributed by atoms with Crippen LogP contribution in [0.3, 0.4) is 0 Å². The van der Waals surface area contributed by atoms with Crippen LogP contribution in [0, 0.1) is 0 Å². The van der Waals surface area contributed by atoms with E-state index in [0.717, 1.165) is 13.1 Å². The standard InChI is InChI=1S/C13H11Cl2N3O2/c14-9-1-2-10-11(8(9)7-19)12(15)17-13(16-10)18-3-5-20-6-4-18/h1-2,7H,3-6H2. The van der Waals surface area contributed by atoms with Crippen molar-refractivity contribution in [2.75, 3.05) is 31.2 Å². The number of rotatable bonds is 2. The van der Waals surface area contributed by atoms with Crippen molar-refractivity contribution in [1.82, 2.24) is 9.97 Å². The van der Waals surface area contributed by atoms with Gasteiger partial charge in [0.2, 0.25) is 5.95 Å². The third kappa shape index (κ3) is 2.32. The minimum Gasteiger partial charge on any atom is -0.378 e. The number of hydrogen-bond donors (Lipinski definition) is 0. The molecule has 1 aromatic carbocycles. The van der Waals surface area contributed by atoms with Crippen molar-refractivity contribution in [3.8, 4) is 0 Å². The zero-order valence-electron chi connectivity index (χ0n) is 10.5. The molecule has 1 aromatic heterocycles. The van der Waals surface area contributed by atoms with Gasteiger partial charge in [0, 0.05) is 24.0 Å². The maximum atomic E-state index is 11.2. The van der Waals surface area contributed by atoms with Gasteiger partial charge >= 0.3 is 0 Å². The first kappa shape index (κ1) is 13.5. The van der Waals surface area contributed by atoms with Gasteiger partial charge in [-0.2, -0.15) is 0 Å². The van der Waals surface area contributed by atoms with Crippen LogP contribution in [0.4, 0.5) is 5.95 Å². The lowest BCUT2D eigenvalue weighted by molar-refractivity contribution is 0.112. The molecule has 0 saturated carbocycles. The SMILES string of the molecule is O=Cc1c(Cl)ccc2nc(N3CCOCC3)nc(Cl)c12. The Morgan fingerprint density at radius 3 is 2.65 bits per heavy atom. The van der Waals surface area contributed by atoms with Gasteiger partial charge in [-0.15, -0.1) is 0 Å². The Labute approximate surface area is 125 Å². The lowest BCUT2D eigenvalue weighted by atomic mass is 10.1. The summed E-state index contributed by atoms with van der Waals surface area (Å²) in [6, 6.07) is 3.38. The zero-order valence-corrected chi connectivity index (χ0v) is 12.0. The average molecular weight is 312 g/mol. The van der Waals surface area contributed by atoms with Crippen LogP contribution < -0.4 is 4.90 Å². The van der Waals surface area contributed by atoms with Crippen molar-refractivity contribution in [1.29, 1.82) is 0 Å². The van der Waals surface area contributed by atoms with Crippen molar-refractivity contribution < 1.29 is 9.53 Å². The van der Waals surface area contributed by atoms with Gasteiger partial charge in [0.15, 0.2) is 6.29 Å². The molecular formula is C13H11Cl2N3O2. The number of benzene rings is 1. The lowest BCUT2D eigenvalue weighted by Gasteiger charge is -2.27. The summed E-state index contributed by atoms with van der Waals surface area (Å²) >= 11 is 12.2. The summed E-state index contributed by atoms with van der Waals surface area (Å²) in [5.74, 6) is 0.546. The summed E-state index contributed by atoms with van der Waals surface area (Å²) in [5, 5.41) is 1.07. The number of halogens is 2. The molecule has 0 radical (unpaired) electrons. The summed E-state index contributed by atoms with van der Waals surface area (Å²) in [6.07, 6.45) is 0.675.